The maximum absolute atomic E-state index is 13.1. The van der Waals surface area contributed by atoms with E-state index in [1.165, 1.54) is 12.1 Å². The maximum atomic E-state index is 13.1. The number of hydrogen-bond acceptors (Lipinski definition) is 2. The van der Waals surface area contributed by atoms with E-state index in [0.717, 1.165) is 11.2 Å². The molecule has 0 spiro atoms. The first-order chi connectivity index (χ1) is 9.10. The highest BCUT2D eigenvalue weighted by Gasteiger charge is 2.11. The van der Waals surface area contributed by atoms with Crippen LogP contribution in [0, 0.1) is 5.82 Å². The van der Waals surface area contributed by atoms with E-state index < -0.39 is 0 Å². The largest absolute Gasteiger partial charge is 0.497 e. The molecule has 0 aromatic heterocycles. The summed E-state index contributed by atoms with van der Waals surface area (Å²) in [5.74, 6) is 1.57. The van der Waals surface area contributed by atoms with Gasteiger partial charge < -0.3 is 9.47 Å². The second-order valence-corrected chi connectivity index (χ2v) is 4.62. The van der Waals surface area contributed by atoms with Crippen molar-refractivity contribution in [1.29, 1.82) is 0 Å². The summed E-state index contributed by atoms with van der Waals surface area (Å²) in [5, 5.41) is 0. The summed E-state index contributed by atoms with van der Waals surface area (Å²) in [6, 6.07) is 11.7. The van der Waals surface area contributed by atoms with E-state index in [-0.39, 0.29) is 5.82 Å². The number of benzene rings is 2. The Morgan fingerprint density at radius 3 is 2.37 bits per heavy atom. The molecule has 4 heteroatoms. The quantitative estimate of drug-likeness (QED) is 0.780. The Hall–Kier alpha value is -1.97. The zero-order valence-corrected chi connectivity index (χ0v) is 11.3. The molecule has 0 aliphatic rings. The van der Waals surface area contributed by atoms with Crippen LogP contribution in [0.2, 0.25) is 13.6 Å². The summed E-state index contributed by atoms with van der Waals surface area (Å²) < 4.78 is 24.1. The van der Waals surface area contributed by atoms with Crippen molar-refractivity contribution in [2.75, 3.05) is 7.11 Å². The molecule has 0 aliphatic heterocycles. The fraction of sp³-hybridized carbons (Fsp3) is 0.200. The zero-order chi connectivity index (χ0) is 13.8. The number of ether oxygens (including phenoxy) is 2. The van der Waals surface area contributed by atoms with Crippen molar-refractivity contribution < 1.29 is 13.9 Å². The van der Waals surface area contributed by atoms with Crippen molar-refractivity contribution in [3.05, 3.63) is 48.3 Å². The van der Waals surface area contributed by atoms with Gasteiger partial charge in [0.2, 0.25) is 0 Å². The molecule has 0 amide bonds. The summed E-state index contributed by atoms with van der Waals surface area (Å²) in [4.78, 5) is 0. The van der Waals surface area contributed by atoms with Crippen LogP contribution in [-0.4, -0.2) is 13.8 Å². The molecule has 0 N–H and O–H groups in total. The van der Waals surface area contributed by atoms with Crippen molar-refractivity contribution in [3.63, 3.8) is 0 Å². The highest BCUT2D eigenvalue weighted by atomic mass is 19.1. The molecule has 0 atom stereocenters. The normalized spacial score (nSPS) is 10.1. The van der Waals surface area contributed by atoms with Crippen LogP contribution in [0.3, 0.4) is 0 Å². The minimum Gasteiger partial charge on any atom is -0.497 e. The van der Waals surface area contributed by atoms with Crippen molar-refractivity contribution in [3.8, 4) is 17.2 Å². The van der Waals surface area contributed by atoms with Gasteiger partial charge in [0.15, 0.2) is 6.71 Å². The third-order valence-corrected chi connectivity index (χ3v) is 2.86. The number of halogens is 1. The molecule has 0 aliphatic carbocycles. The highest BCUT2D eigenvalue weighted by molar-refractivity contribution is 6.71. The third kappa shape index (κ3) is 3.28. The average Bonchev–Trinajstić information content (AvgIpc) is 2.38. The molecular formula is C15H16BFO2. The lowest BCUT2D eigenvalue weighted by molar-refractivity contribution is 0.412. The number of hydrogen-bond donors (Lipinski definition) is 0. The SMILES string of the molecule is COc1cc(Oc2cccc(F)c2)ccc1B(C)C. The number of rotatable bonds is 4. The van der Waals surface area contributed by atoms with Crippen LogP contribution in [0.1, 0.15) is 0 Å². The Labute approximate surface area is 113 Å². The lowest BCUT2D eigenvalue weighted by Gasteiger charge is -2.12. The minimum absolute atomic E-state index is 0.316. The van der Waals surface area contributed by atoms with E-state index in [9.17, 15) is 4.39 Å². The van der Waals surface area contributed by atoms with Crippen molar-refractivity contribution in [1.82, 2.24) is 0 Å². The molecule has 0 heterocycles. The average molecular weight is 258 g/mol. The van der Waals surface area contributed by atoms with Crippen molar-refractivity contribution >= 4 is 12.2 Å². The van der Waals surface area contributed by atoms with Gasteiger partial charge in [0.05, 0.1) is 7.11 Å². The molecule has 2 aromatic carbocycles. The second kappa shape index (κ2) is 5.78. The second-order valence-electron chi connectivity index (χ2n) is 4.62. The van der Waals surface area contributed by atoms with E-state index in [1.807, 2.05) is 18.2 Å². The first-order valence-electron chi connectivity index (χ1n) is 6.21. The molecule has 0 bridgehead atoms. The Kier molecular flexibility index (Phi) is 4.10. The van der Waals surface area contributed by atoms with Gasteiger partial charge >= 0.3 is 0 Å². The molecule has 0 fully saturated rings. The predicted octanol–water partition coefficient (Wildman–Crippen LogP) is 3.59. The summed E-state index contributed by atoms with van der Waals surface area (Å²) in [7, 11) is 1.63. The lowest BCUT2D eigenvalue weighted by atomic mass is 9.49. The van der Waals surface area contributed by atoms with Crippen LogP contribution in [0.4, 0.5) is 4.39 Å². The van der Waals surface area contributed by atoms with Crippen molar-refractivity contribution in [2.24, 2.45) is 0 Å². The Morgan fingerprint density at radius 2 is 1.74 bits per heavy atom. The van der Waals surface area contributed by atoms with E-state index in [0.29, 0.717) is 18.2 Å². The van der Waals surface area contributed by atoms with E-state index in [1.54, 1.807) is 19.2 Å². The summed E-state index contributed by atoms with van der Waals surface area (Å²) in [6.45, 7) is 4.58. The van der Waals surface area contributed by atoms with Gasteiger partial charge in [-0.1, -0.05) is 25.8 Å². The van der Waals surface area contributed by atoms with Crippen LogP contribution in [-0.2, 0) is 0 Å². The predicted molar refractivity (Wildman–Crippen MR) is 76.6 cm³/mol. The van der Waals surface area contributed by atoms with Gasteiger partial charge in [-0.25, -0.2) is 4.39 Å². The molecule has 2 rings (SSSR count). The van der Waals surface area contributed by atoms with Gasteiger partial charge in [0.25, 0.3) is 0 Å². The zero-order valence-electron chi connectivity index (χ0n) is 11.3. The van der Waals surface area contributed by atoms with Gasteiger partial charge in [-0.3, -0.25) is 0 Å². The molecular weight excluding hydrogens is 242 g/mol. The molecule has 2 nitrogen and oxygen atoms in total. The van der Waals surface area contributed by atoms with Gasteiger partial charge in [-0.2, -0.15) is 0 Å². The van der Waals surface area contributed by atoms with Gasteiger partial charge in [0.1, 0.15) is 23.1 Å². The van der Waals surface area contributed by atoms with E-state index in [4.69, 9.17) is 9.47 Å². The molecule has 0 radical (unpaired) electrons. The Balaban J connectivity index is 2.26. The molecule has 0 unspecified atom stereocenters. The first kappa shape index (κ1) is 13.5. The van der Waals surface area contributed by atoms with Gasteiger partial charge in [-0.05, 0) is 23.7 Å². The van der Waals surface area contributed by atoms with Gasteiger partial charge in [0, 0.05) is 12.1 Å². The monoisotopic (exact) mass is 258 g/mol. The van der Waals surface area contributed by atoms with Crippen LogP contribution >= 0.6 is 0 Å². The summed E-state index contributed by atoms with van der Waals surface area (Å²) >= 11 is 0. The van der Waals surface area contributed by atoms with Crippen LogP contribution in [0.5, 0.6) is 17.2 Å². The highest BCUT2D eigenvalue weighted by Crippen LogP contribution is 2.24. The Bertz CT molecular complexity index is 570. The lowest BCUT2D eigenvalue weighted by Crippen LogP contribution is -2.24. The van der Waals surface area contributed by atoms with Gasteiger partial charge in [-0.15, -0.1) is 0 Å². The topological polar surface area (TPSA) is 18.5 Å². The fourth-order valence-electron chi connectivity index (χ4n) is 1.90. The molecule has 0 saturated carbocycles. The molecule has 19 heavy (non-hydrogen) atoms. The summed E-state index contributed by atoms with van der Waals surface area (Å²) in [5.41, 5.74) is 1.12. The fourth-order valence-corrected chi connectivity index (χ4v) is 1.90. The standard InChI is InChI=1S/C15H16BFO2/c1-16(2)14-8-7-13(10-15(14)18-3)19-12-6-4-5-11(17)9-12/h4-10H,1-3H3. The van der Waals surface area contributed by atoms with Crippen LogP contribution in [0.15, 0.2) is 42.5 Å². The van der Waals surface area contributed by atoms with Crippen LogP contribution in [0.25, 0.3) is 0 Å². The summed E-state index contributed by atoms with van der Waals surface area (Å²) in [6.07, 6.45) is 0. The minimum atomic E-state index is -0.316. The third-order valence-electron chi connectivity index (χ3n) is 2.86. The molecule has 0 saturated heterocycles. The maximum Gasteiger partial charge on any atom is 0.174 e. The van der Waals surface area contributed by atoms with Crippen LogP contribution < -0.4 is 14.9 Å². The molecule has 98 valence electrons. The smallest absolute Gasteiger partial charge is 0.174 e. The Morgan fingerprint density at radius 1 is 1.00 bits per heavy atom. The van der Waals surface area contributed by atoms with E-state index in [2.05, 4.69) is 13.6 Å². The molecule has 2 aromatic rings. The number of methoxy groups -OCH3 is 1. The van der Waals surface area contributed by atoms with Crippen molar-refractivity contribution in [2.45, 2.75) is 13.6 Å². The van der Waals surface area contributed by atoms with E-state index >= 15 is 0 Å². The first-order valence-corrected chi connectivity index (χ1v) is 6.21.